The van der Waals surface area contributed by atoms with E-state index in [1.807, 2.05) is 4.90 Å². The molecular weight excluding hydrogens is 888 g/mol. The van der Waals surface area contributed by atoms with Gasteiger partial charge in [-0.25, -0.2) is 4.98 Å². The van der Waals surface area contributed by atoms with Crippen LogP contribution >= 0.6 is 0 Å². The Morgan fingerprint density at radius 2 is 1.34 bits per heavy atom. The van der Waals surface area contributed by atoms with Crippen molar-refractivity contribution in [3.63, 3.8) is 0 Å². The van der Waals surface area contributed by atoms with Crippen molar-refractivity contribution in [3.05, 3.63) is 83.7 Å². The average molecular weight is 947 g/mol. The molecule has 67 heavy (non-hydrogen) atoms. The number of amides is 2. The maximum atomic E-state index is 13.2. The number of anilines is 2. The molecule has 366 valence electrons. The van der Waals surface area contributed by atoms with Crippen LogP contribution in [0.2, 0.25) is 0 Å². The number of pyridine rings is 1. The minimum absolute atomic E-state index is 0.207. The molecule has 1 aliphatic rings. The van der Waals surface area contributed by atoms with E-state index in [-0.39, 0.29) is 17.2 Å². The van der Waals surface area contributed by atoms with Gasteiger partial charge >= 0.3 is 13.5 Å². The molecule has 2 amide bonds. The van der Waals surface area contributed by atoms with Gasteiger partial charge in [0.05, 0.1) is 116 Å². The van der Waals surface area contributed by atoms with E-state index in [0.717, 1.165) is 12.1 Å². The Hall–Kier alpha value is -5.21. The van der Waals surface area contributed by atoms with E-state index in [9.17, 15) is 37.9 Å². The van der Waals surface area contributed by atoms with Gasteiger partial charge in [-0.2, -0.15) is 5.10 Å². The van der Waals surface area contributed by atoms with Gasteiger partial charge in [-0.1, -0.05) is 11.6 Å². The minimum Gasteiger partial charge on any atom is -0.423 e. The molecule has 0 radical (unpaired) electrons. The number of halogens is 3. The van der Waals surface area contributed by atoms with E-state index in [0.29, 0.717) is 159 Å². The summed E-state index contributed by atoms with van der Waals surface area (Å²) in [6.07, 6.45) is -1.74. The number of hydrogen-bond acceptors (Lipinski definition) is 16. The number of benzene rings is 2. The van der Waals surface area contributed by atoms with Crippen molar-refractivity contribution in [2.75, 3.05) is 122 Å². The van der Waals surface area contributed by atoms with Gasteiger partial charge in [0, 0.05) is 48.8 Å². The van der Waals surface area contributed by atoms with Crippen molar-refractivity contribution in [2.45, 2.75) is 32.4 Å². The first kappa shape index (κ1) is 52.8. The fraction of sp³-hybridized carbons (Fsp3) is 0.500. The van der Waals surface area contributed by atoms with Gasteiger partial charge in [-0.15, -0.1) is 13.2 Å². The second kappa shape index (κ2) is 28.2. The highest BCUT2D eigenvalue weighted by molar-refractivity contribution is 6.59. The van der Waals surface area contributed by atoms with E-state index in [2.05, 4.69) is 25.5 Å². The first-order chi connectivity index (χ1) is 32.4. The predicted octanol–water partition coefficient (Wildman–Crippen LogP) is 2.20. The summed E-state index contributed by atoms with van der Waals surface area (Å²) in [5.41, 5.74) is 3.14. The molecule has 3 heterocycles. The lowest BCUT2D eigenvalue weighted by molar-refractivity contribution is -0.274. The summed E-state index contributed by atoms with van der Waals surface area (Å²) in [6.45, 7) is 8.67. The standard InChI is InChI=1S/C44H58BF3N6O13/c1-32-28-33(2-7-39(32)45(58)59)42(56)49-11-14-60-16-18-62-20-22-64-24-26-66-27-25-65-23-21-63-19-17-61-15-13-54-40(8-10-51-54)38-29-34(30-50-41(38)53-12-9-36(55)31-53)43(57)52-35-3-5-37(6-4-35)67-44(46,47)48/h2-8,10,28-30,36,55,58-59H,9,11-27,31H2,1H3,(H,49,56)(H,52,57). The van der Waals surface area contributed by atoms with Crippen molar-refractivity contribution < 1.29 is 75.8 Å². The summed E-state index contributed by atoms with van der Waals surface area (Å²) in [6, 6.07) is 12.9. The summed E-state index contributed by atoms with van der Waals surface area (Å²) in [4.78, 5) is 32.0. The van der Waals surface area contributed by atoms with Gasteiger partial charge < -0.3 is 68.6 Å². The van der Waals surface area contributed by atoms with Crippen LogP contribution in [-0.4, -0.2) is 173 Å². The molecule has 5 N–H and O–H groups in total. The van der Waals surface area contributed by atoms with Crippen LogP contribution in [0.5, 0.6) is 5.75 Å². The molecule has 1 fully saturated rings. The van der Waals surface area contributed by atoms with Crippen molar-refractivity contribution in [1.29, 1.82) is 0 Å². The average Bonchev–Trinajstić information content (AvgIpc) is 3.96. The van der Waals surface area contributed by atoms with Crippen LogP contribution in [0.4, 0.5) is 24.7 Å². The topological polar surface area (TPSA) is 227 Å². The third-order valence-corrected chi connectivity index (χ3v) is 9.95. The third kappa shape index (κ3) is 18.8. The quantitative estimate of drug-likeness (QED) is 0.0360. The molecule has 0 spiro atoms. The molecule has 19 nitrogen and oxygen atoms in total. The molecule has 0 aliphatic carbocycles. The Balaban J connectivity index is 0.860. The molecular formula is C44H58BF3N6O13. The highest BCUT2D eigenvalue weighted by Gasteiger charge is 2.31. The summed E-state index contributed by atoms with van der Waals surface area (Å²) >= 11 is 0. The van der Waals surface area contributed by atoms with Gasteiger partial charge in [0.2, 0.25) is 0 Å². The third-order valence-electron chi connectivity index (χ3n) is 9.95. The van der Waals surface area contributed by atoms with Crippen LogP contribution in [0.25, 0.3) is 11.3 Å². The molecule has 4 aromatic rings. The maximum Gasteiger partial charge on any atom is 0.573 e. The van der Waals surface area contributed by atoms with E-state index in [4.69, 9.17) is 33.2 Å². The fourth-order valence-corrected chi connectivity index (χ4v) is 6.66. The first-order valence-electron chi connectivity index (χ1n) is 21.8. The largest absolute Gasteiger partial charge is 0.573 e. The minimum atomic E-state index is -4.83. The van der Waals surface area contributed by atoms with Gasteiger partial charge in [0.25, 0.3) is 11.8 Å². The van der Waals surface area contributed by atoms with Crippen LogP contribution in [0.3, 0.4) is 0 Å². The summed E-state index contributed by atoms with van der Waals surface area (Å²) in [5, 5.41) is 38.7. The van der Waals surface area contributed by atoms with Crippen LogP contribution in [0, 0.1) is 6.92 Å². The molecule has 0 bridgehead atoms. The van der Waals surface area contributed by atoms with Crippen molar-refractivity contribution in [3.8, 4) is 17.0 Å². The molecule has 1 unspecified atom stereocenters. The summed E-state index contributed by atoms with van der Waals surface area (Å²) < 4.78 is 82.2. The van der Waals surface area contributed by atoms with Gasteiger partial charge in [0.1, 0.15) is 11.6 Å². The number of carbonyl (C=O) groups excluding carboxylic acids is 2. The zero-order valence-electron chi connectivity index (χ0n) is 37.3. The molecule has 5 rings (SSSR count). The summed E-state index contributed by atoms with van der Waals surface area (Å²) in [5.74, 6) is -0.642. The summed E-state index contributed by atoms with van der Waals surface area (Å²) in [7, 11) is -1.58. The highest BCUT2D eigenvalue weighted by Crippen LogP contribution is 2.32. The number of carbonyl (C=O) groups is 2. The number of hydrogen-bond donors (Lipinski definition) is 5. The number of ether oxygens (including phenoxy) is 8. The number of aryl methyl sites for hydroxylation is 1. The second-order valence-electron chi connectivity index (χ2n) is 14.9. The lowest BCUT2D eigenvalue weighted by Crippen LogP contribution is -2.33. The number of nitrogens with one attached hydrogen (secondary N) is 2. The molecule has 1 saturated heterocycles. The fourth-order valence-electron chi connectivity index (χ4n) is 6.66. The van der Waals surface area contributed by atoms with Gasteiger partial charge in [-0.3, -0.25) is 14.3 Å². The Labute approximate surface area is 386 Å². The van der Waals surface area contributed by atoms with Crippen LogP contribution < -0.4 is 25.7 Å². The smallest absolute Gasteiger partial charge is 0.423 e. The number of aromatic nitrogens is 3. The highest BCUT2D eigenvalue weighted by atomic mass is 19.4. The Morgan fingerprint density at radius 3 is 1.88 bits per heavy atom. The van der Waals surface area contributed by atoms with Crippen molar-refractivity contribution >= 4 is 35.9 Å². The van der Waals surface area contributed by atoms with Crippen molar-refractivity contribution in [1.82, 2.24) is 20.1 Å². The lowest BCUT2D eigenvalue weighted by Gasteiger charge is -2.21. The van der Waals surface area contributed by atoms with Crippen LogP contribution in [0.1, 0.15) is 32.7 Å². The normalized spacial score (nSPS) is 13.8. The Bertz CT molecular complexity index is 2100. The number of alkyl halides is 3. The molecule has 2 aromatic heterocycles. The number of aliphatic hydroxyl groups excluding tert-OH is 1. The number of β-amino-alcohol motifs (C(OH)–C–C–N with tert-alkyl or cyclic N) is 1. The zero-order chi connectivity index (χ0) is 47.9. The SMILES string of the molecule is Cc1cc(C(=O)NCCOCCOCCOCCOCCOCCOCCOCCn2nccc2-c2cc(C(=O)Nc3ccc(OC(F)(F)F)cc3)cnc2N2CCC(O)C2)ccc1B(O)O. The number of rotatable bonds is 31. The van der Waals surface area contributed by atoms with E-state index >= 15 is 0 Å². The Morgan fingerprint density at radius 1 is 0.761 bits per heavy atom. The molecule has 2 aromatic carbocycles. The van der Waals surface area contributed by atoms with E-state index in [1.165, 1.54) is 30.5 Å². The van der Waals surface area contributed by atoms with Gasteiger partial charge in [-0.05, 0) is 67.3 Å². The Kier molecular flexibility index (Phi) is 22.2. The second-order valence-corrected chi connectivity index (χ2v) is 14.9. The maximum absolute atomic E-state index is 13.2. The number of nitrogens with zero attached hydrogens (tertiary/aromatic N) is 4. The monoisotopic (exact) mass is 946 g/mol. The first-order valence-corrected chi connectivity index (χ1v) is 21.8. The van der Waals surface area contributed by atoms with Crippen LogP contribution in [-0.2, 0) is 39.7 Å². The van der Waals surface area contributed by atoms with Crippen LogP contribution in [0.15, 0.2) is 67.0 Å². The van der Waals surface area contributed by atoms with Gasteiger partial charge in [0.15, 0.2) is 0 Å². The number of aliphatic hydroxyl groups is 1. The lowest BCUT2D eigenvalue weighted by atomic mass is 9.77. The van der Waals surface area contributed by atoms with Crippen molar-refractivity contribution in [2.24, 2.45) is 0 Å². The zero-order valence-corrected chi connectivity index (χ0v) is 37.3. The molecule has 0 saturated carbocycles. The molecule has 1 aliphatic heterocycles. The van der Waals surface area contributed by atoms with E-state index < -0.39 is 31.2 Å². The van der Waals surface area contributed by atoms with E-state index in [1.54, 1.807) is 36.0 Å². The molecule has 23 heteroatoms. The predicted molar refractivity (Wildman–Crippen MR) is 238 cm³/mol. The molecule has 1 atom stereocenters.